The molecule has 1 saturated heterocycles. The number of carbonyl (C=O) groups excluding carboxylic acids is 1. The number of rotatable bonds is 4. The Morgan fingerprint density at radius 1 is 1.12 bits per heavy atom. The quantitative estimate of drug-likeness (QED) is 0.899. The molecule has 0 spiro atoms. The monoisotopic (exact) mass is 339 g/mol. The molecule has 0 aromatic heterocycles. The number of piperazine rings is 1. The Morgan fingerprint density at radius 2 is 1.80 bits per heavy atom. The standard InChI is InChI=1S/C20H25N3O2/c1-14-12-18(15(2)19(13-14)25-3)20(24)22-16-4-6-17(7-5-16)23-10-8-21-9-11-23/h4-7,12-13,21H,8-11H2,1-3H3,(H,22,24). The lowest BCUT2D eigenvalue weighted by Crippen LogP contribution is -2.43. The maximum absolute atomic E-state index is 12.7. The van der Waals surface area contributed by atoms with Gasteiger partial charge in [-0.15, -0.1) is 0 Å². The van der Waals surface area contributed by atoms with Crippen LogP contribution >= 0.6 is 0 Å². The molecule has 3 rings (SSSR count). The molecule has 1 fully saturated rings. The zero-order chi connectivity index (χ0) is 17.8. The minimum atomic E-state index is -0.116. The van der Waals surface area contributed by atoms with E-state index in [1.807, 2.05) is 38.1 Å². The van der Waals surface area contributed by atoms with E-state index in [-0.39, 0.29) is 5.91 Å². The van der Waals surface area contributed by atoms with Crippen LogP contribution in [0, 0.1) is 13.8 Å². The van der Waals surface area contributed by atoms with Gasteiger partial charge in [-0.1, -0.05) is 0 Å². The number of hydrogen-bond donors (Lipinski definition) is 2. The second-order valence-electron chi connectivity index (χ2n) is 6.38. The van der Waals surface area contributed by atoms with Crippen LogP contribution in [0.2, 0.25) is 0 Å². The van der Waals surface area contributed by atoms with Crippen molar-refractivity contribution in [1.82, 2.24) is 5.32 Å². The number of anilines is 2. The second-order valence-corrected chi connectivity index (χ2v) is 6.38. The minimum Gasteiger partial charge on any atom is -0.496 e. The van der Waals surface area contributed by atoms with Gasteiger partial charge in [0.1, 0.15) is 5.75 Å². The average molecular weight is 339 g/mol. The van der Waals surface area contributed by atoms with E-state index in [1.54, 1.807) is 7.11 Å². The maximum atomic E-state index is 12.7. The number of aryl methyl sites for hydroxylation is 1. The number of nitrogens with one attached hydrogen (secondary N) is 2. The molecule has 1 amide bonds. The van der Waals surface area contributed by atoms with E-state index < -0.39 is 0 Å². The molecule has 0 saturated carbocycles. The third-order valence-electron chi connectivity index (χ3n) is 4.58. The number of benzene rings is 2. The molecule has 1 aliphatic rings. The molecule has 5 heteroatoms. The summed E-state index contributed by atoms with van der Waals surface area (Å²) in [5.41, 5.74) is 4.48. The number of carbonyl (C=O) groups is 1. The lowest BCUT2D eigenvalue weighted by molar-refractivity contribution is 0.102. The van der Waals surface area contributed by atoms with Crippen molar-refractivity contribution in [2.75, 3.05) is 43.5 Å². The van der Waals surface area contributed by atoms with Gasteiger partial charge < -0.3 is 20.3 Å². The van der Waals surface area contributed by atoms with Crippen molar-refractivity contribution in [3.05, 3.63) is 53.1 Å². The van der Waals surface area contributed by atoms with E-state index in [0.717, 1.165) is 48.7 Å². The molecule has 0 radical (unpaired) electrons. The number of ether oxygens (including phenoxy) is 1. The fourth-order valence-corrected chi connectivity index (χ4v) is 3.15. The highest BCUT2D eigenvalue weighted by molar-refractivity contribution is 6.05. The average Bonchev–Trinajstić information content (AvgIpc) is 2.64. The highest BCUT2D eigenvalue weighted by Gasteiger charge is 2.14. The Bertz CT molecular complexity index is 750. The smallest absolute Gasteiger partial charge is 0.256 e. The zero-order valence-corrected chi connectivity index (χ0v) is 15.1. The highest BCUT2D eigenvalue weighted by atomic mass is 16.5. The first kappa shape index (κ1) is 17.3. The van der Waals surface area contributed by atoms with Crippen LogP contribution in [-0.4, -0.2) is 39.2 Å². The summed E-state index contributed by atoms with van der Waals surface area (Å²) in [5, 5.41) is 6.33. The molecule has 0 atom stereocenters. The molecule has 0 bridgehead atoms. The van der Waals surface area contributed by atoms with E-state index in [0.29, 0.717) is 5.56 Å². The van der Waals surface area contributed by atoms with Gasteiger partial charge in [0.05, 0.1) is 7.11 Å². The zero-order valence-electron chi connectivity index (χ0n) is 15.1. The first-order valence-electron chi connectivity index (χ1n) is 8.61. The summed E-state index contributed by atoms with van der Waals surface area (Å²) in [4.78, 5) is 15.0. The van der Waals surface area contributed by atoms with Crippen LogP contribution in [-0.2, 0) is 0 Å². The molecule has 1 heterocycles. The van der Waals surface area contributed by atoms with Crippen molar-refractivity contribution in [1.29, 1.82) is 0 Å². The number of nitrogens with zero attached hydrogens (tertiary/aromatic N) is 1. The molecule has 2 N–H and O–H groups in total. The lowest BCUT2D eigenvalue weighted by Gasteiger charge is -2.29. The van der Waals surface area contributed by atoms with Gasteiger partial charge in [0.15, 0.2) is 0 Å². The summed E-state index contributed by atoms with van der Waals surface area (Å²) in [6, 6.07) is 11.9. The predicted molar refractivity (Wildman–Crippen MR) is 102 cm³/mol. The van der Waals surface area contributed by atoms with Gasteiger partial charge in [0, 0.05) is 48.7 Å². The van der Waals surface area contributed by atoms with Crippen LogP contribution in [0.1, 0.15) is 21.5 Å². The van der Waals surface area contributed by atoms with Gasteiger partial charge >= 0.3 is 0 Å². The van der Waals surface area contributed by atoms with Crippen LogP contribution in [0.15, 0.2) is 36.4 Å². The molecule has 25 heavy (non-hydrogen) atoms. The van der Waals surface area contributed by atoms with Crippen LogP contribution in [0.5, 0.6) is 5.75 Å². The van der Waals surface area contributed by atoms with E-state index in [2.05, 4.69) is 27.7 Å². The maximum Gasteiger partial charge on any atom is 0.256 e. The number of hydrogen-bond acceptors (Lipinski definition) is 4. The van der Waals surface area contributed by atoms with E-state index in [9.17, 15) is 4.79 Å². The number of methoxy groups -OCH3 is 1. The Balaban J connectivity index is 1.74. The third-order valence-corrected chi connectivity index (χ3v) is 4.58. The van der Waals surface area contributed by atoms with Crippen LogP contribution in [0.3, 0.4) is 0 Å². The van der Waals surface area contributed by atoms with Crippen molar-refractivity contribution in [3.63, 3.8) is 0 Å². The summed E-state index contributed by atoms with van der Waals surface area (Å²) < 4.78 is 5.36. The SMILES string of the molecule is COc1cc(C)cc(C(=O)Nc2ccc(N3CCNCC3)cc2)c1C. The molecule has 2 aromatic carbocycles. The molecular formula is C20H25N3O2. The highest BCUT2D eigenvalue weighted by Crippen LogP contribution is 2.25. The van der Waals surface area contributed by atoms with Gasteiger partial charge in [0.2, 0.25) is 0 Å². The van der Waals surface area contributed by atoms with Crippen molar-refractivity contribution in [3.8, 4) is 5.75 Å². The van der Waals surface area contributed by atoms with Crippen molar-refractivity contribution in [2.24, 2.45) is 0 Å². The summed E-state index contributed by atoms with van der Waals surface area (Å²) in [6.07, 6.45) is 0. The number of amides is 1. The van der Waals surface area contributed by atoms with Crippen molar-refractivity contribution < 1.29 is 9.53 Å². The third kappa shape index (κ3) is 3.94. The normalized spacial score (nSPS) is 14.3. The summed E-state index contributed by atoms with van der Waals surface area (Å²) >= 11 is 0. The van der Waals surface area contributed by atoms with Gasteiger partial charge in [-0.3, -0.25) is 4.79 Å². The van der Waals surface area contributed by atoms with Crippen LogP contribution in [0.25, 0.3) is 0 Å². The second kappa shape index (κ2) is 7.57. The molecule has 0 aliphatic carbocycles. The van der Waals surface area contributed by atoms with Gasteiger partial charge in [-0.2, -0.15) is 0 Å². The van der Waals surface area contributed by atoms with E-state index in [4.69, 9.17) is 4.74 Å². The largest absolute Gasteiger partial charge is 0.496 e. The Kier molecular flexibility index (Phi) is 5.24. The molecule has 2 aromatic rings. The van der Waals surface area contributed by atoms with Crippen molar-refractivity contribution >= 4 is 17.3 Å². The molecule has 1 aliphatic heterocycles. The van der Waals surface area contributed by atoms with Crippen LogP contribution < -0.4 is 20.3 Å². The summed E-state index contributed by atoms with van der Waals surface area (Å²) in [7, 11) is 1.62. The fraction of sp³-hybridized carbons (Fsp3) is 0.350. The first-order chi connectivity index (χ1) is 12.1. The van der Waals surface area contributed by atoms with E-state index in [1.165, 1.54) is 5.69 Å². The Labute approximate surface area is 149 Å². The predicted octanol–water partition coefficient (Wildman–Crippen LogP) is 2.97. The molecule has 5 nitrogen and oxygen atoms in total. The van der Waals surface area contributed by atoms with Crippen molar-refractivity contribution in [2.45, 2.75) is 13.8 Å². The Morgan fingerprint density at radius 3 is 2.44 bits per heavy atom. The first-order valence-corrected chi connectivity index (χ1v) is 8.61. The topological polar surface area (TPSA) is 53.6 Å². The fourth-order valence-electron chi connectivity index (χ4n) is 3.15. The summed E-state index contributed by atoms with van der Waals surface area (Å²) in [5.74, 6) is 0.619. The van der Waals surface area contributed by atoms with Crippen LogP contribution in [0.4, 0.5) is 11.4 Å². The molecule has 132 valence electrons. The molecular weight excluding hydrogens is 314 g/mol. The molecule has 0 unspecified atom stereocenters. The van der Waals surface area contributed by atoms with E-state index >= 15 is 0 Å². The minimum absolute atomic E-state index is 0.116. The van der Waals surface area contributed by atoms with Gasteiger partial charge in [0.25, 0.3) is 5.91 Å². The van der Waals surface area contributed by atoms with Gasteiger partial charge in [-0.05, 0) is 55.8 Å². The summed E-state index contributed by atoms with van der Waals surface area (Å²) in [6.45, 7) is 7.89. The van der Waals surface area contributed by atoms with Gasteiger partial charge in [-0.25, -0.2) is 0 Å². The lowest BCUT2D eigenvalue weighted by atomic mass is 10.0. The Hall–Kier alpha value is -2.53.